The summed E-state index contributed by atoms with van der Waals surface area (Å²) in [6, 6.07) is -1.56. The van der Waals surface area contributed by atoms with Gasteiger partial charge in [-0.2, -0.15) is 0 Å². The van der Waals surface area contributed by atoms with E-state index in [1.165, 1.54) is 6.92 Å². The van der Waals surface area contributed by atoms with E-state index >= 15 is 0 Å². The molecule has 10 nitrogen and oxygen atoms in total. The topological polar surface area (TPSA) is 178 Å². The number of carbonyl (C=O) groups excluding carboxylic acids is 1. The van der Waals surface area contributed by atoms with Crippen LogP contribution in [0, 0.1) is 6.92 Å². The Kier molecular flexibility index (Phi) is 6.15. The number of phosphoric acid groups is 1. The van der Waals surface area contributed by atoms with E-state index in [-0.39, 0.29) is 16.8 Å². The zero-order valence-corrected chi connectivity index (χ0v) is 12.2. The van der Waals surface area contributed by atoms with Crippen LogP contribution in [0.3, 0.4) is 0 Å². The molecule has 0 aliphatic carbocycles. The van der Waals surface area contributed by atoms with Gasteiger partial charge in [-0.1, -0.05) is 0 Å². The number of aliphatic imine (C=N–C) groups is 1. The minimum Gasteiger partial charge on any atom is -0.790 e. The van der Waals surface area contributed by atoms with Crippen molar-refractivity contribution in [3.63, 3.8) is 0 Å². The Labute approximate surface area is 125 Å². The second-order valence-corrected chi connectivity index (χ2v) is 5.30. The van der Waals surface area contributed by atoms with E-state index in [0.29, 0.717) is 0 Å². The summed E-state index contributed by atoms with van der Waals surface area (Å²) in [5, 5.41) is 29.3. The quantitative estimate of drug-likeness (QED) is 0.388. The Morgan fingerprint density at radius 2 is 2.23 bits per heavy atom. The SMILES string of the molecule is Cc1ncc(COP(=O)([O-])[O-])c(C=N[C@@H](CO)C(=O)[O-])c1O. The molecule has 1 heterocycles. The smallest absolute Gasteiger partial charge is 0.145 e. The molecule has 122 valence electrons. The van der Waals surface area contributed by atoms with Gasteiger partial charge in [-0.05, 0) is 6.92 Å². The van der Waals surface area contributed by atoms with Gasteiger partial charge in [-0.3, -0.25) is 9.98 Å². The van der Waals surface area contributed by atoms with Crippen molar-refractivity contribution >= 4 is 20.0 Å². The molecule has 2 N–H and O–H groups in total. The fraction of sp³-hybridized carbons (Fsp3) is 0.364. The molecule has 0 amide bonds. The molecule has 22 heavy (non-hydrogen) atoms. The number of carboxylic acid groups (broad SMARTS) is 1. The molecule has 1 aromatic heterocycles. The summed E-state index contributed by atoms with van der Waals surface area (Å²) in [5.74, 6) is -2.03. The summed E-state index contributed by atoms with van der Waals surface area (Å²) in [6.45, 7) is -0.0981. The van der Waals surface area contributed by atoms with Gasteiger partial charge < -0.3 is 39.0 Å². The first-order chi connectivity index (χ1) is 10.2. The van der Waals surface area contributed by atoms with Crippen LogP contribution in [0.2, 0.25) is 0 Å². The van der Waals surface area contributed by atoms with Gasteiger partial charge in [0.05, 0.1) is 32.7 Å². The Bertz CT molecular complexity index is 627. The van der Waals surface area contributed by atoms with Gasteiger partial charge in [-0.25, -0.2) is 0 Å². The van der Waals surface area contributed by atoms with E-state index in [0.717, 1.165) is 12.4 Å². The number of aliphatic carboxylic acids is 1. The first-order valence-corrected chi connectivity index (χ1v) is 7.30. The van der Waals surface area contributed by atoms with Crippen LogP contribution < -0.4 is 14.9 Å². The number of aryl methyl sites for hydroxylation is 1. The second kappa shape index (κ2) is 7.43. The first-order valence-electron chi connectivity index (χ1n) is 5.84. The number of carbonyl (C=O) groups is 1. The molecule has 0 aliphatic rings. The van der Waals surface area contributed by atoms with Gasteiger partial charge in [0.15, 0.2) is 0 Å². The minimum atomic E-state index is -5.24. The lowest BCUT2D eigenvalue weighted by Gasteiger charge is -2.28. The lowest BCUT2D eigenvalue weighted by Crippen LogP contribution is -2.36. The Morgan fingerprint density at radius 3 is 2.73 bits per heavy atom. The molecular weight excluding hydrogens is 319 g/mol. The number of hydrogen-bond donors (Lipinski definition) is 2. The molecule has 1 rings (SSSR count). The number of aliphatic hydroxyl groups excluding tert-OH is 1. The molecule has 0 saturated heterocycles. The Hall–Kier alpha value is -1.84. The first kappa shape index (κ1) is 18.2. The third kappa shape index (κ3) is 5.17. The van der Waals surface area contributed by atoms with Crippen molar-refractivity contribution in [2.24, 2.45) is 4.99 Å². The number of hydrogen-bond acceptors (Lipinski definition) is 10. The van der Waals surface area contributed by atoms with Crippen LogP contribution in [-0.2, 0) is 20.5 Å². The number of carboxylic acids is 1. The number of nitrogens with zero attached hydrogens (tertiary/aromatic N) is 2. The van der Waals surface area contributed by atoms with Gasteiger partial charge in [0, 0.05) is 23.5 Å². The fourth-order valence-electron chi connectivity index (χ4n) is 1.41. The van der Waals surface area contributed by atoms with Crippen LogP contribution in [0.15, 0.2) is 11.2 Å². The average molecular weight is 331 g/mol. The molecule has 0 aliphatic heterocycles. The highest BCUT2D eigenvalue weighted by atomic mass is 31.2. The van der Waals surface area contributed by atoms with Crippen molar-refractivity contribution in [3.8, 4) is 5.75 Å². The molecule has 0 saturated carbocycles. The molecule has 1 aromatic rings. The summed E-state index contributed by atoms with van der Waals surface area (Å²) < 4.78 is 14.6. The molecular formula is C11H12N2O8P-3. The number of aliphatic hydroxyl groups is 1. The summed E-state index contributed by atoms with van der Waals surface area (Å²) in [7, 11) is -5.24. The van der Waals surface area contributed by atoms with Gasteiger partial charge >= 0.3 is 0 Å². The highest BCUT2D eigenvalue weighted by molar-refractivity contribution is 7.43. The highest BCUT2D eigenvalue weighted by Gasteiger charge is 2.12. The monoisotopic (exact) mass is 331 g/mol. The van der Waals surface area contributed by atoms with Crippen molar-refractivity contribution in [3.05, 3.63) is 23.0 Å². The van der Waals surface area contributed by atoms with Gasteiger partial charge in [0.1, 0.15) is 11.8 Å². The Morgan fingerprint density at radius 1 is 1.59 bits per heavy atom. The predicted molar refractivity (Wildman–Crippen MR) is 66.5 cm³/mol. The van der Waals surface area contributed by atoms with E-state index in [4.69, 9.17) is 5.11 Å². The molecule has 0 radical (unpaired) electrons. The van der Waals surface area contributed by atoms with E-state index in [2.05, 4.69) is 14.5 Å². The van der Waals surface area contributed by atoms with E-state index in [1.807, 2.05) is 0 Å². The summed E-state index contributed by atoms with van der Waals surface area (Å²) >= 11 is 0. The van der Waals surface area contributed by atoms with Gasteiger partial charge in [0.25, 0.3) is 0 Å². The third-order valence-corrected chi connectivity index (χ3v) is 3.01. The molecule has 11 heteroatoms. The summed E-state index contributed by atoms with van der Waals surface area (Å²) in [5.41, 5.74) is 0.0705. The largest absolute Gasteiger partial charge is 0.790 e. The molecule has 0 bridgehead atoms. The molecule has 0 unspecified atom stereocenters. The van der Waals surface area contributed by atoms with Crippen molar-refractivity contribution < 1.29 is 39.0 Å². The van der Waals surface area contributed by atoms with Crippen LogP contribution in [0.4, 0.5) is 0 Å². The molecule has 0 fully saturated rings. The number of rotatable bonds is 7. The molecule has 1 atom stereocenters. The van der Waals surface area contributed by atoms with Crippen LogP contribution in [-0.4, -0.2) is 40.0 Å². The molecule has 0 aromatic carbocycles. The zero-order valence-electron chi connectivity index (χ0n) is 11.3. The number of phosphoric ester groups is 1. The van der Waals surface area contributed by atoms with Crippen LogP contribution in [0.5, 0.6) is 5.75 Å². The minimum absolute atomic E-state index is 0.00573. The fourth-order valence-corrected chi connectivity index (χ4v) is 1.70. The maximum atomic E-state index is 10.6. The number of aromatic nitrogens is 1. The highest BCUT2D eigenvalue weighted by Crippen LogP contribution is 2.29. The maximum Gasteiger partial charge on any atom is 0.145 e. The van der Waals surface area contributed by atoms with Crippen molar-refractivity contribution in [2.75, 3.05) is 6.61 Å². The van der Waals surface area contributed by atoms with Gasteiger partial charge in [-0.15, -0.1) is 0 Å². The standard InChI is InChI=1S/C11H15N2O8P/c1-6-10(15)8(3-13-9(4-14)11(16)17)7(2-12-6)5-21-22(18,19)20/h2-3,9,14-15H,4-5H2,1H3,(H,16,17)(H2,18,19,20)/p-3/t9-/m0/s1. The van der Waals surface area contributed by atoms with Crippen LogP contribution >= 0.6 is 7.82 Å². The summed E-state index contributed by atoms with van der Waals surface area (Å²) in [6.07, 6.45) is 2.04. The van der Waals surface area contributed by atoms with Gasteiger partial charge in [0.2, 0.25) is 0 Å². The average Bonchev–Trinajstić information content (AvgIpc) is 2.41. The lowest BCUT2D eigenvalue weighted by atomic mass is 10.1. The number of pyridine rings is 1. The Balaban J connectivity index is 3.14. The lowest BCUT2D eigenvalue weighted by molar-refractivity contribution is -0.342. The van der Waals surface area contributed by atoms with Crippen molar-refractivity contribution in [1.29, 1.82) is 0 Å². The van der Waals surface area contributed by atoms with E-state index in [1.54, 1.807) is 0 Å². The third-order valence-electron chi connectivity index (χ3n) is 2.56. The van der Waals surface area contributed by atoms with Crippen LogP contribution in [0.25, 0.3) is 0 Å². The molecule has 0 spiro atoms. The van der Waals surface area contributed by atoms with E-state index < -0.39 is 38.8 Å². The zero-order chi connectivity index (χ0) is 16.9. The summed E-state index contributed by atoms with van der Waals surface area (Å²) in [4.78, 5) is 38.9. The van der Waals surface area contributed by atoms with E-state index in [9.17, 15) is 29.4 Å². The van der Waals surface area contributed by atoms with Crippen molar-refractivity contribution in [2.45, 2.75) is 19.6 Å². The maximum absolute atomic E-state index is 10.6. The predicted octanol–water partition coefficient (Wildman–Crippen LogP) is -3.03. The van der Waals surface area contributed by atoms with Crippen molar-refractivity contribution in [1.82, 2.24) is 4.98 Å². The second-order valence-electron chi connectivity index (χ2n) is 4.15. The normalized spacial score (nSPS) is 13.5. The van der Waals surface area contributed by atoms with Crippen LogP contribution in [0.1, 0.15) is 16.8 Å². The number of aromatic hydroxyl groups is 1.